The van der Waals surface area contributed by atoms with Gasteiger partial charge in [-0.25, -0.2) is 0 Å². The fraction of sp³-hybridized carbons (Fsp3) is 0.364. The first kappa shape index (κ1) is 11.4. The van der Waals surface area contributed by atoms with Gasteiger partial charge in [0.2, 0.25) is 0 Å². The van der Waals surface area contributed by atoms with Crippen LogP contribution in [0.1, 0.15) is 23.2 Å². The summed E-state index contributed by atoms with van der Waals surface area (Å²) in [6, 6.07) is 6.29. The summed E-state index contributed by atoms with van der Waals surface area (Å²) in [5, 5.41) is 0. The molecule has 0 spiro atoms. The normalized spacial score (nSPS) is 15.1. The number of carbonyl (C=O) groups excluding carboxylic acids is 1. The highest BCUT2D eigenvalue weighted by Gasteiger charge is 2.30. The molecule has 1 aromatic rings. The Balaban J connectivity index is 2.27. The molecular formula is C11H11BrINO. The predicted molar refractivity (Wildman–Crippen MR) is 72.0 cm³/mol. The number of benzene rings is 1. The van der Waals surface area contributed by atoms with Crippen molar-refractivity contribution in [2.45, 2.75) is 18.9 Å². The molecule has 4 heteroatoms. The van der Waals surface area contributed by atoms with Crippen LogP contribution in [-0.2, 0) is 0 Å². The van der Waals surface area contributed by atoms with Crippen LogP contribution in [0.3, 0.4) is 0 Å². The molecule has 15 heavy (non-hydrogen) atoms. The van der Waals surface area contributed by atoms with Gasteiger partial charge < -0.3 is 4.90 Å². The van der Waals surface area contributed by atoms with E-state index in [0.717, 1.165) is 26.4 Å². The third-order valence-corrected chi connectivity index (χ3v) is 3.94. The second-order valence-corrected chi connectivity index (χ2v) is 5.87. The van der Waals surface area contributed by atoms with Crippen LogP contribution in [0.5, 0.6) is 0 Å². The lowest BCUT2D eigenvalue weighted by molar-refractivity contribution is 0.0784. The van der Waals surface area contributed by atoms with Gasteiger partial charge in [0.25, 0.3) is 5.91 Å². The highest BCUT2D eigenvalue weighted by atomic mass is 127. The van der Waals surface area contributed by atoms with Gasteiger partial charge >= 0.3 is 0 Å². The molecule has 1 aliphatic carbocycles. The second-order valence-electron chi connectivity index (χ2n) is 3.77. The summed E-state index contributed by atoms with van der Waals surface area (Å²) in [7, 11) is 1.88. The summed E-state index contributed by atoms with van der Waals surface area (Å²) in [4.78, 5) is 13.9. The Morgan fingerprint density at radius 3 is 2.80 bits per heavy atom. The van der Waals surface area contributed by atoms with Gasteiger partial charge in [-0.3, -0.25) is 4.79 Å². The zero-order valence-corrected chi connectivity index (χ0v) is 12.1. The van der Waals surface area contributed by atoms with Crippen LogP contribution in [0.2, 0.25) is 0 Å². The Bertz CT molecular complexity index is 404. The number of nitrogens with zero attached hydrogens (tertiary/aromatic N) is 1. The first-order valence-corrected chi connectivity index (χ1v) is 6.69. The van der Waals surface area contributed by atoms with E-state index in [-0.39, 0.29) is 5.91 Å². The first-order valence-electron chi connectivity index (χ1n) is 4.82. The molecule has 0 unspecified atom stereocenters. The summed E-state index contributed by atoms with van der Waals surface area (Å²) in [6.45, 7) is 0. The maximum atomic E-state index is 12.1. The van der Waals surface area contributed by atoms with Gasteiger partial charge in [0, 0.05) is 21.1 Å². The molecule has 2 rings (SSSR count). The van der Waals surface area contributed by atoms with Crippen LogP contribution in [-0.4, -0.2) is 23.9 Å². The van der Waals surface area contributed by atoms with Gasteiger partial charge in [-0.1, -0.05) is 0 Å². The van der Waals surface area contributed by atoms with Crippen LogP contribution < -0.4 is 0 Å². The molecule has 0 aliphatic heterocycles. The summed E-state index contributed by atoms with van der Waals surface area (Å²) < 4.78 is 1.96. The van der Waals surface area contributed by atoms with Crippen molar-refractivity contribution in [2.24, 2.45) is 0 Å². The van der Waals surface area contributed by atoms with Crippen LogP contribution in [0.4, 0.5) is 0 Å². The monoisotopic (exact) mass is 379 g/mol. The fourth-order valence-electron chi connectivity index (χ4n) is 1.48. The molecule has 80 valence electrons. The van der Waals surface area contributed by atoms with Crippen molar-refractivity contribution in [1.82, 2.24) is 4.90 Å². The summed E-state index contributed by atoms with van der Waals surface area (Å²) in [6.07, 6.45) is 2.29. The highest BCUT2D eigenvalue weighted by molar-refractivity contribution is 14.1. The third-order valence-electron chi connectivity index (χ3n) is 2.57. The molecule has 0 aromatic heterocycles. The quantitative estimate of drug-likeness (QED) is 0.722. The molecule has 1 saturated carbocycles. The van der Waals surface area contributed by atoms with Crippen LogP contribution in [0, 0.1) is 3.57 Å². The topological polar surface area (TPSA) is 20.3 Å². The van der Waals surface area contributed by atoms with E-state index in [4.69, 9.17) is 0 Å². The lowest BCUT2D eigenvalue weighted by atomic mass is 10.2. The Hall–Kier alpha value is -0.100. The van der Waals surface area contributed by atoms with Crippen LogP contribution in [0.25, 0.3) is 0 Å². The Morgan fingerprint density at radius 2 is 2.20 bits per heavy atom. The Kier molecular flexibility index (Phi) is 3.35. The largest absolute Gasteiger partial charge is 0.339 e. The van der Waals surface area contributed by atoms with Crippen molar-refractivity contribution in [2.75, 3.05) is 7.05 Å². The van der Waals surface area contributed by atoms with Gasteiger partial charge in [-0.05, 0) is 69.6 Å². The Morgan fingerprint density at radius 1 is 1.53 bits per heavy atom. The van der Waals surface area contributed by atoms with E-state index in [1.165, 1.54) is 0 Å². The minimum absolute atomic E-state index is 0.114. The SMILES string of the molecule is CN(C(=O)c1cc(I)ccc1Br)C1CC1. The number of hydrogen-bond acceptors (Lipinski definition) is 1. The zero-order chi connectivity index (χ0) is 11.0. The van der Waals surface area contributed by atoms with Gasteiger partial charge in [-0.2, -0.15) is 0 Å². The molecular weight excluding hydrogens is 369 g/mol. The standard InChI is InChI=1S/C11H11BrINO/c1-14(8-3-4-8)11(15)9-6-7(13)2-5-10(9)12/h2,5-6,8H,3-4H2,1H3. The average Bonchev–Trinajstić information content (AvgIpc) is 3.03. The lowest BCUT2D eigenvalue weighted by Gasteiger charge is -2.17. The number of carbonyl (C=O) groups is 1. The fourth-order valence-corrected chi connectivity index (χ4v) is 2.39. The van der Waals surface area contributed by atoms with Crippen molar-refractivity contribution in [3.63, 3.8) is 0 Å². The zero-order valence-electron chi connectivity index (χ0n) is 8.34. The second kappa shape index (κ2) is 4.41. The molecule has 0 radical (unpaired) electrons. The number of halogens is 2. The van der Waals surface area contributed by atoms with E-state index >= 15 is 0 Å². The van der Waals surface area contributed by atoms with Gasteiger partial charge in [0.1, 0.15) is 0 Å². The lowest BCUT2D eigenvalue weighted by Crippen LogP contribution is -2.29. The summed E-state index contributed by atoms with van der Waals surface area (Å²) in [5.41, 5.74) is 0.760. The van der Waals surface area contributed by atoms with E-state index < -0.39 is 0 Å². The van der Waals surface area contributed by atoms with Crippen molar-refractivity contribution in [3.8, 4) is 0 Å². The first-order chi connectivity index (χ1) is 7.09. The minimum Gasteiger partial charge on any atom is -0.339 e. The smallest absolute Gasteiger partial charge is 0.255 e. The molecule has 1 fully saturated rings. The molecule has 2 nitrogen and oxygen atoms in total. The molecule has 1 amide bonds. The molecule has 0 bridgehead atoms. The van der Waals surface area contributed by atoms with Crippen LogP contribution in [0.15, 0.2) is 22.7 Å². The molecule has 1 aliphatic rings. The number of amides is 1. The minimum atomic E-state index is 0.114. The van der Waals surface area contributed by atoms with Crippen LogP contribution >= 0.6 is 38.5 Å². The molecule has 0 saturated heterocycles. The molecule has 1 aromatic carbocycles. The maximum absolute atomic E-state index is 12.1. The van der Waals surface area contributed by atoms with E-state index in [1.807, 2.05) is 30.1 Å². The Labute approximate surface area is 111 Å². The summed E-state index contributed by atoms with van der Waals surface area (Å²) >= 11 is 5.64. The van der Waals surface area contributed by atoms with Crippen molar-refractivity contribution < 1.29 is 4.79 Å². The average molecular weight is 380 g/mol. The van der Waals surface area contributed by atoms with E-state index in [1.54, 1.807) is 0 Å². The van der Waals surface area contributed by atoms with E-state index in [2.05, 4.69) is 38.5 Å². The van der Waals surface area contributed by atoms with Crippen molar-refractivity contribution in [3.05, 3.63) is 31.8 Å². The molecule has 0 heterocycles. The van der Waals surface area contributed by atoms with Gasteiger partial charge in [0.15, 0.2) is 0 Å². The van der Waals surface area contributed by atoms with E-state index in [0.29, 0.717) is 6.04 Å². The van der Waals surface area contributed by atoms with Gasteiger partial charge in [-0.15, -0.1) is 0 Å². The van der Waals surface area contributed by atoms with E-state index in [9.17, 15) is 4.79 Å². The predicted octanol–water partition coefficient (Wildman–Crippen LogP) is 3.29. The molecule has 0 atom stereocenters. The summed E-state index contributed by atoms with van der Waals surface area (Å²) in [5.74, 6) is 0.114. The highest BCUT2D eigenvalue weighted by Crippen LogP contribution is 2.28. The molecule has 0 N–H and O–H groups in total. The van der Waals surface area contributed by atoms with Gasteiger partial charge in [0.05, 0.1) is 5.56 Å². The van der Waals surface area contributed by atoms with Crippen molar-refractivity contribution in [1.29, 1.82) is 0 Å². The van der Waals surface area contributed by atoms with Crippen molar-refractivity contribution >= 4 is 44.4 Å². The third kappa shape index (κ3) is 2.53. The number of hydrogen-bond donors (Lipinski definition) is 0. The maximum Gasteiger partial charge on any atom is 0.255 e. The number of rotatable bonds is 2.